The largest absolute Gasteiger partial charge is 0.480 e. The van der Waals surface area contributed by atoms with Crippen molar-refractivity contribution >= 4 is 22.8 Å². The summed E-state index contributed by atoms with van der Waals surface area (Å²) in [6.07, 6.45) is 0.0938. The molecular weight excluding hydrogens is 426 g/mol. The average Bonchev–Trinajstić information content (AvgIpc) is 3.18. The minimum Gasteiger partial charge on any atom is -0.480 e. The van der Waals surface area contributed by atoms with Crippen LogP contribution in [0.1, 0.15) is 29.0 Å². The molecule has 1 aliphatic rings. The second kappa shape index (κ2) is 9.40. The van der Waals surface area contributed by atoms with Crippen molar-refractivity contribution in [1.29, 1.82) is 0 Å². The number of amides is 1. The monoisotopic (exact) mass is 451 g/mol. The van der Waals surface area contributed by atoms with Gasteiger partial charge in [0.1, 0.15) is 12.6 Å². The summed E-state index contributed by atoms with van der Waals surface area (Å²) in [5, 5.41) is 14.4. The summed E-state index contributed by atoms with van der Waals surface area (Å²) in [6, 6.07) is 29.3. The molecule has 1 amide bonds. The highest BCUT2D eigenvalue weighted by Gasteiger charge is 2.29. The van der Waals surface area contributed by atoms with E-state index >= 15 is 0 Å². The van der Waals surface area contributed by atoms with E-state index in [1.807, 2.05) is 72.8 Å². The third-order valence-electron chi connectivity index (χ3n) is 6.47. The van der Waals surface area contributed by atoms with Crippen molar-refractivity contribution in [1.82, 2.24) is 5.32 Å². The number of hydrogen-bond donors (Lipinski definition) is 2. The number of alkyl carbamates (subject to hydrolysis) is 1. The third kappa shape index (κ3) is 4.37. The molecule has 1 aliphatic carbocycles. The number of fused-ring (bicyclic) bond motifs is 4. The number of aliphatic carboxylic acids is 1. The van der Waals surface area contributed by atoms with Crippen LogP contribution in [0.4, 0.5) is 4.79 Å². The fourth-order valence-corrected chi connectivity index (χ4v) is 4.75. The van der Waals surface area contributed by atoms with Gasteiger partial charge in [-0.3, -0.25) is 0 Å². The predicted molar refractivity (Wildman–Crippen MR) is 132 cm³/mol. The van der Waals surface area contributed by atoms with Crippen LogP contribution in [0.3, 0.4) is 0 Å². The molecule has 0 saturated heterocycles. The Hall–Kier alpha value is -4.12. The Kier molecular flexibility index (Phi) is 6.00. The third-order valence-corrected chi connectivity index (χ3v) is 6.47. The summed E-state index contributed by atoms with van der Waals surface area (Å²) in [5.74, 6) is -1.15. The molecule has 0 fully saturated rings. The second-order valence-electron chi connectivity index (χ2n) is 8.58. The molecule has 5 nitrogen and oxygen atoms in total. The Balaban J connectivity index is 1.22. The first-order valence-electron chi connectivity index (χ1n) is 11.4. The van der Waals surface area contributed by atoms with E-state index in [1.165, 1.54) is 0 Å². The van der Waals surface area contributed by atoms with Crippen molar-refractivity contribution < 1.29 is 19.4 Å². The van der Waals surface area contributed by atoms with Crippen LogP contribution in [0.15, 0.2) is 91.0 Å². The molecular formula is C29H25NO4. The van der Waals surface area contributed by atoms with E-state index < -0.39 is 18.1 Å². The van der Waals surface area contributed by atoms with Gasteiger partial charge in [0.15, 0.2) is 0 Å². The van der Waals surface area contributed by atoms with E-state index in [0.29, 0.717) is 6.42 Å². The maximum atomic E-state index is 12.5. The maximum Gasteiger partial charge on any atom is 0.407 e. The number of hydrogen-bond acceptors (Lipinski definition) is 3. The van der Waals surface area contributed by atoms with Crippen molar-refractivity contribution in [3.8, 4) is 11.1 Å². The lowest BCUT2D eigenvalue weighted by Crippen LogP contribution is -2.41. The molecule has 1 unspecified atom stereocenters. The van der Waals surface area contributed by atoms with Crippen molar-refractivity contribution in [2.75, 3.05) is 6.61 Å². The van der Waals surface area contributed by atoms with Crippen LogP contribution in [0, 0.1) is 0 Å². The van der Waals surface area contributed by atoms with Crippen molar-refractivity contribution in [3.63, 3.8) is 0 Å². The zero-order valence-corrected chi connectivity index (χ0v) is 18.6. The van der Waals surface area contributed by atoms with Crippen molar-refractivity contribution in [2.24, 2.45) is 0 Å². The fraction of sp³-hybridized carbons (Fsp3) is 0.172. The molecule has 170 valence electrons. The maximum absolute atomic E-state index is 12.5. The number of carboxylic acid groups (broad SMARTS) is 1. The molecule has 5 heteroatoms. The number of aryl methyl sites for hydroxylation is 1. The molecule has 0 spiro atoms. The van der Waals surface area contributed by atoms with Gasteiger partial charge in [-0.1, -0.05) is 91.0 Å². The topological polar surface area (TPSA) is 75.6 Å². The predicted octanol–water partition coefficient (Wildman–Crippen LogP) is 5.76. The van der Waals surface area contributed by atoms with E-state index in [-0.39, 0.29) is 18.9 Å². The van der Waals surface area contributed by atoms with Crippen LogP contribution in [-0.2, 0) is 16.0 Å². The smallest absolute Gasteiger partial charge is 0.407 e. The van der Waals surface area contributed by atoms with E-state index in [1.54, 1.807) is 0 Å². The van der Waals surface area contributed by atoms with E-state index in [9.17, 15) is 14.7 Å². The van der Waals surface area contributed by atoms with Gasteiger partial charge < -0.3 is 15.2 Å². The number of ether oxygens (including phenoxy) is 1. The lowest BCUT2D eigenvalue weighted by atomic mass is 9.98. The first-order valence-corrected chi connectivity index (χ1v) is 11.4. The highest BCUT2D eigenvalue weighted by atomic mass is 16.5. The van der Waals surface area contributed by atoms with Gasteiger partial charge in [-0.05, 0) is 51.4 Å². The van der Waals surface area contributed by atoms with Gasteiger partial charge in [0.05, 0.1) is 0 Å². The summed E-state index contributed by atoms with van der Waals surface area (Å²) < 4.78 is 5.52. The number of carbonyl (C=O) groups excluding carboxylic acids is 1. The molecule has 4 aromatic rings. The molecule has 0 heterocycles. The standard InChI is InChI=1S/C29H25NO4/c31-28(32)27(16-14-19-13-15-20-7-1-2-8-21(20)17-19)30-29(33)34-18-26-24-11-5-3-9-22(24)23-10-4-6-12-25(23)26/h1-13,15,17,26-27H,14,16,18H2,(H,30,33)(H,31,32). The van der Waals surface area contributed by atoms with Crippen LogP contribution in [0.25, 0.3) is 21.9 Å². The normalized spacial score (nSPS) is 13.2. The Morgan fingerprint density at radius 3 is 2.12 bits per heavy atom. The highest BCUT2D eigenvalue weighted by molar-refractivity contribution is 5.83. The van der Waals surface area contributed by atoms with Gasteiger partial charge in [-0.15, -0.1) is 0 Å². The summed E-state index contributed by atoms with van der Waals surface area (Å²) >= 11 is 0. The van der Waals surface area contributed by atoms with Crippen molar-refractivity contribution in [2.45, 2.75) is 24.8 Å². The minimum atomic E-state index is -1.07. The first-order chi connectivity index (χ1) is 16.6. The van der Waals surface area contributed by atoms with Crippen molar-refractivity contribution in [3.05, 3.63) is 108 Å². The zero-order valence-electron chi connectivity index (χ0n) is 18.6. The van der Waals surface area contributed by atoms with Gasteiger partial charge in [-0.2, -0.15) is 0 Å². The molecule has 0 aromatic heterocycles. The molecule has 2 N–H and O–H groups in total. The summed E-state index contributed by atoms with van der Waals surface area (Å²) in [6.45, 7) is 0.150. The van der Waals surface area contributed by atoms with Gasteiger partial charge in [0.25, 0.3) is 0 Å². The number of carbonyl (C=O) groups is 2. The molecule has 5 rings (SSSR count). The van der Waals surface area contributed by atoms with Gasteiger partial charge in [0.2, 0.25) is 0 Å². The van der Waals surface area contributed by atoms with Gasteiger partial charge in [0, 0.05) is 5.92 Å². The van der Waals surface area contributed by atoms with E-state index in [4.69, 9.17) is 4.74 Å². The number of benzene rings is 4. The van der Waals surface area contributed by atoms with Crippen LogP contribution in [0.5, 0.6) is 0 Å². The highest BCUT2D eigenvalue weighted by Crippen LogP contribution is 2.44. The second-order valence-corrected chi connectivity index (χ2v) is 8.58. The van der Waals surface area contributed by atoms with Gasteiger partial charge in [-0.25, -0.2) is 9.59 Å². The quantitative estimate of drug-likeness (QED) is 0.374. The first kappa shape index (κ1) is 21.7. The number of rotatable bonds is 7. The van der Waals surface area contributed by atoms with Crippen LogP contribution >= 0.6 is 0 Å². The average molecular weight is 452 g/mol. The molecule has 4 aromatic carbocycles. The Morgan fingerprint density at radius 1 is 0.824 bits per heavy atom. The molecule has 1 atom stereocenters. The number of carboxylic acids is 1. The van der Waals surface area contributed by atoms with E-state index in [2.05, 4.69) is 23.5 Å². The van der Waals surface area contributed by atoms with Crippen LogP contribution in [0.2, 0.25) is 0 Å². The summed E-state index contributed by atoms with van der Waals surface area (Å²) in [5.41, 5.74) is 5.54. The Bertz CT molecular complexity index is 1320. The molecule has 0 saturated carbocycles. The summed E-state index contributed by atoms with van der Waals surface area (Å²) in [4.78, 5) is 24.3. The Labute approximate surface area is 198 Å². The van der Waals surface area contributed by atoms with Crippen LogP contribution in [-0.4, -0.2) is 29.8 Å². The minimum absolute atomic E-state index is 0.0703. The zero-order chi connectivity index (χ0) is 23.5. The molecule has 0 aliphatic heterocycles. The molecule has 0 radical (unpaired) electrons. The lowest BCUT2D eigenvalue weighted by molar-refractivity contribution is -0.139. The van der Waals surface area contributed by atoms with E-state index in [0.717, 1.165) is 38.6 Å². The van der Waals surface area contributed by atoms with Gasteiger partial charge >= 0.3 is 12.1 Å². The number of nitrogens with one attached hydrogen (secondary N) is 1. The molecule has 34 heavy (non-hydrogen) atoms. The summed E-state index contributed by atoms with van der Waals surface area (Å²) in [7, 11) is 0. The molecule has 0 bridgehead atoms. The SMILES string of the molecule is O=C(NC(CCc1ccc2ccccc2c1)C(=O)O)OCC1c2ccccc2-c2ccccc21. The lowest BCUT2D eigenvalue weighted by Gasteiger charge is -2.17. The Morgan fingerprint density at radius 2 is 1.44 bits per heavy atom. The fourth-order valence-electron chi connectivity index (χ4n) is 4.75. The van der Waals surface area contributed by atoms with Crippen LogP contribution < -0.4 is 5.32 Å².